The van der Waals surface area contributed by atoms with E-state index in [4.69, 9.17) is 4.74 Å². The molecule has 27 heavy (non-hydrogen) atoms. The number of hydrogen-bond acceptors (Lipinski definition) is 5. The number of benzene rings is 1. The van der Waals surface area contributed by atoms with Crippen molar-refractivity contribution >= 4 is 34.1 Å². The molecule has 2 amide bonds. The third-order valence-corrected chi connectivity index (χ3v) is 5.86. The maximum Gasteiger partial charge on any atom is 0.341 e. The molecule has 142 valence electrons. The molecule has 3 rings (SSSR count). The van der Waals surface area contributed by atoms with Crippen molar-refractivity contribution in [3.05, 3.63) is 51.4 Å². The first-order valence-corrected chi connectivity index (χ1v) is 9.63. The van der Waals surface area contributed by atoms with Gasteiger partial charge in [-0.15, -0.1) is 11.3 Å². The Morgan fingerprint density at radius 3 is 2.30 bits per heavy atom. The van der Waals surface area contributed by atoms with Crippen molar-refractivity contribution in [3.8, 4) is 0 Å². The Kier molecular flexibility index (Phi) is 5.60. The fraction of sp³-hybridized carbons (Fsp3) is 0.350. The highest BCUT2D eigenvalue weighted by molar-refractivity contribution is 7.18. The van der Waals surface area contributed by atoms with Gasteiger partial charge in [0.25, 0.3) is 11.8 Å². The van der Waals surface area contributed by atoms with Crippen LogP contribution in [0.1, 0.15) is 54.4 Å². The number of thiophene rings is 1. The van der Waals surface area contributed by atoms with Gasteiger partial charge in [-0.3, -0.25) is 9.59 Å². The SMILES string of the molecule is COC(=O)c1c(NC(=O)c2ccc(C)cc2)sc(C(=O)N2CCCC2)c1C. The molecule has 0 unspecified atom stereocenters. The van der Waals surface area contributed by atoms with Gasteiger partial charge in [-0.2, -0.15) is 0 Å². The molecule has 1 fully saturated rings. The zero-order valence-electron chi connectivity index (χ0n) is 15.6. The van der Waals surface area contributed by atoms with Gasteiger partial charge in [0.2, 0.25) is 0 Å². The zero-order chi connectivity index (χ0) is 19.6. The summed E-state index contributed by atoms with van der Waals surface area (Å²) in [5.74, 6) is -0.999. The van der Waals surface area contributed by atoms with Crippen LogP contribution in [0.3, 0.4) is 0 Å². The van der Waals surface area contributed by atoms with E-state index in [1.807, 2.05) is 19.1 Å². The highest BCUT2D eigenvalue weighted by Crippen LogP contribution is 2.35. The fourth-order valence-electron chi connectivity index (χ4n) is 3.10. The lowest BCUT2D eigenvalue weighted by atomic mass is 10.1. The number of likely N-dealkylation sites (tertiary alicyclic amines) is 1. The number of esters is 1. The maximum atomic E-state index is 12.8. The molecule has 1 saturated heterocycles. The summed E-state index contributed by atoms with van der Waals surface area (Å²) in [5.41, 5.74) is 2.32. The second-order valence-corrected chi connectivity index (χ2v) is 7.59. The van der Waals surface area contributed by atoms with Gasteiger partial charge in [0.1, 0.15) is 5.00 Å². The minimum absolute atomic E-state index is 0.101. The van der Waals surface area contributed by atoms with Crippen molar-refractivity contribution in [1.82, 2.24) is 4.90 Å². The Hall–Kier alpha value is -2.67. The van der Waals surface area contributed by atoms with Crippen LogP contribution in [0.25, 0.3) is 0 Å². The molecule has 1 aliphatic rings. The zero-order valence-corrected chi connectivity index (χ0v) is 16.4. The number of carbonyl (C=O) groups excluding carboxylic acids is 3. The first kappa shape index (κ1) is 19.1. The van der Waals surface area contributed by atoms with Crippen LogP contribution in [0.15, 0.2) is 24.3 Å². The van der Waals surface area contributed by atoms with Gasteiger partial charge >= 0.3 is 5.97 Å². The number of nitrogens with one attached hydrogen (secondary N) is 1. The molecule has 6 nitrogen and oxygen atoms in total. The van der Waals surface area contributed by atoms with Crippen molar-refractivity contribution in [2.24, 2.45) is 0 Å². The number of methoxy groups -OCH3 is 1. The highest BCUT2D eigenvalue weighted by atomic mass is 32.1. The molecule has 0 spiro atoms. The number of carbonyl (C=O) groups is 3. The molecule has 0 bridgehead atoms. The van der Waals surface area contributed by atoms with Crippen LogP contribution in [0.4, 0.5) is 5.00 Å². The summed E-state index contributed by atoms with van der Waals surface area (Å²) in [4.78, 5) is 39.9. The van der Waals surface area contributed by atoms with Crippen LogP contribution in [0.2, 0.25) is 0 Å². The molecule has 0 radical (unpaired) electrons. The number of aryl methyl sites for hydroxylation is 1. The predicted molar refractivity (Wildman–Crippen MR) is 105 cm³/mol. The van der Waals surface area contributed by atoms with Gasteiger partial charge in [0.15, 0.2) is 0 Å². The Morgan fingerprint density at radius 2 is 1.70 bits per heavy atom. The van der Waals surface area contributed by atoms with Gasteiger partial charge in [0.05, 0.1) is 17.6 Å². The lowest BCUT2D eigenvalue weighted by Crippen LogP contribution is -2.27. The molecular weight excluding hydrogens is 364 g/mol. The summed E-state index contributed by atoms with van der Waals surface area (Å²) in [6, 6.07) is 7.13. The van der Waals surface area contributed by atoms with Crippen molar-refractivity contribution in [2.75, 3.05) is 25.5 Å². The summed E-state index contributed by atoms with van der Waals surface area (Å²) >= 11 is 1.13. The summed E-state index contributed by atoms with van der Waals surface area (Å²) in [5, 5.41) is 3.12. The molecule has 1 N–H and O–H groups in total. The van der Waals surface area contributed by atoms with Crippen LogP contribution in [-0.2, 0) is 4.74 Å². The highest BCUT2D eigenvalue weighted by Gasteiger charge is 2.29. The number of amides is 2. The third kappa shape index (κ3) is 3.88. The van der Waals surface area contributed by atoms with E-state index in [-0.39, 0.29) is 17.4 Å². The predicted octanol–water partition coefficient (Wildman–Crippen LogP) is 3.64. The van der Waals surface area contributed by atoms with E-state index in [1.54, 1.807) is 24.0 Å². The minimum atomic E-state index is -0.566. The average molecular weight is 386 g/mol. The van der Waals surface area contributed by atoms with Gasteiger partial charge in [0, 0.05) is 18.7 Å². The van der Waals surface area contributed by atoms with Crippen LogP contribution in [-0.4, -0.2) is 42.9 Å². The molecule has 7 heteroatoms. The number of anilines is 1. The van der Waals surface area contributed by atoms with E-state index in [0.29, 0.717) is 21.0 Å². The van der Waals surface area contributed by atoms with E-state index >= 15 is 0 Å². The summed E-state index contributed by atoms with van der Waals surface area (Å²) in [6.07, 6.45) is 1.97. The molecule has 0 aliphatic carbocycles. The number of nitrogens with zero attached hydrogens (tertiary/aromatic N) is 1. The summed E-state index contributed by atoms with van der Waals surface area (Å²) in [6.45, 7) is 5.09. The minimum Gasteiger partial charge on any atom is -0.465 e. The fourth-order valence-corrected chi connectivity index (χ4v) is 4.26. The molecule has 2 heterocycles. The largest absolute Gasteiger partial charge is 0.465 e. The third-order valence-electron chi connectivity index (χ3n) is 4.66. The maximum absolute atomic E-state index is 12.8. The van der Waals surface area contributed by atoms with Crippen molar-refractivity contribution in [3.63, 3.8) is 0 Å². The summed E-state index contributed by atoms with van der Waals surface area (Å²) < 4.78 is 4.87. The normalized spacial score (nSPS) is 13.5. The van der Waals surface area contributed by atoms with Gasteiger partial charge in [-0.05, 0) is 44.4 Å². The van der Waals surface area contributed by atoms with Crippen molar-refractivity contribution in [1.29, 1.82) is 0 Å². The van der Waals surface area contributed by atoms with E-state index in [1.165, 1.54) is 7.11 Å². The second-order valence-electron chi connectivity index (χ2n) is 6.57. The van der Waals surface area contributed by atoms with E-state index in [0.717, 1.165) is 42.8 Å². The quantitative estimate of drug-likeness (QED) is 0.814. The lowest BCUT2D eigenvalue weighted by Gasteiger charge is -2.14. The van der Waals surface area contributed by atoms with Crippen LogP contribution >= 0.6 is 11.3 Å². The van der Waals surface area contributed by atoms with E-state index < -0.39 is 5.97 Å². The van der Waals surface area contributed by atoms with Crippen molar-refractivity contribution < 1.29 is 19.1 Å². The topological polar surface area (TPSA) is 75.7 Å². The number of rotatable bonds is 4. The molecule has 0 atom stereocenters. The molecule has 1 aromatic carbocycles. The molecular formula is C20H22N2O4S. The number of ether oxygens (including phenoxy) is 1. The smallest absolute Gasteiger partial charge is 0.341 e. The van der Waals surface area contributed by atoms with Gasteiger partial charge < -0.3 is 15.0 Å². The Balaban J connectivity index is 1.94. The van der Waals surface area contributed by atoms with Gasteiger partial charge in [-0.25, -0.2) is 4.79 Å². The Labute approximate surface area is 162 Å². The van der Waals surface area contributed by atoms with Crippen molar-refractivity contribution in [2.45, 2.75) is 26.7 Å². The lowest BCUT2D eigenvalue weighted by molar-refractivity contribution is 0.0601. The number of hydrogen-bond donors (Lipinski definition) is 1. The van der Waals surface area contributed by atoms with Crippen LogP contribution < -0.4 is 5.32 Å². The van der Waals surface area contributed by atoms with Crippen LogP contribution in [0, 0.1) is 13.8 Å². The molecule has 2 aromatic rings. The molecule has 1 aliphatic heterocycles. The summed E-state index contributed by atoms with van der Waals surface area (Å²) in [7, 11) is 1.28. The Bertz CT molecular complexity index is 880. The average Bonchev–Trinajstić information content (AvgIpc) is 3.29. The van der Waals surface area contributed by atoms with E-state index in [9.17, 15) is 14.4 Å². The second kappa shape index (κ2) is 7.92. The van der Waals surface area contributed by atoms with E-state index in [2.05, 4.69) is 5.32 Å². The van der Waals surface area contributed by atoms with Gasteiger partial charge in [-0.1, -0.05) is 17.7 Å². The van der Waals surface area contributed by atoms with Crippen LogP contribution in [0.5, 0.6) is 0 Å². The Morgan fingerprint density at radius 1 is 1.07 bits per heavy atom. The standard InChI is InChI=1S/C20H22N2O4S/c1-12-6-8-14(9-7-12)17(23)21-18-15(20(25)26-3)13(2)16(27-18)19(24)22-10-4-5-11-22/h6-9H,4-5,10-11H2,1-3H3,(H,21,23). The first-order valence-electron chi connectivity index (χ1n) is 8.81. The monoisotopic (exact) mass is 386 g/mol. The first-order chi connectivity index (χ1) is 12.9. The molecule has 0 saturated carbocycles. The molecule has 1 aromatic heterocycles.